The molecule has 0 aliphatic heterocycles. The quantitative estimate of drug-likeness (QED) is 0.560. The van der Waals surface area contributed by atoms with Gasteiger partial charge in [0.05, 0.1) is 7.11 Å². The van der Waals surface area contributed by atoms with Gasteiger partial charge in [-0.15, -0.1) is 0 Å². The van der Waals surface area contributed by atoms with Crippen LogP contribution in [0.3, 0.4) is 0 Å². The Hall–Kier alpha value is -2.29. The van der Waals surface area contributed by atoms with Gasteiger partial charge in [0.1, 0.15) is 5.75 Å². The van der Waals surface area contributed by atoms with Crippen molar-refractivity contribution in [2.45, 2.75) is 47.5 Å². The molecule has 1 aromatic rings. The van der Waals surface area contributed by atoms with Crippen LogP contribution in [0.2, 0.25) is 0 Å². The third-order valence-corrected chi connectivity index (χ3v) is 4.29. The van der Waals surface area contributed by atoms with Gasteiger partial charge in [-0.25, -0.2) is 4.79 Å². The zero-order valence-corrected chi connectivity index (χ0v) is 15.6. The Morgan fingerprint density at radius 2 is 1.88 bits per heavy atom. The summed E-state index contributed by atoms with van der Waals surface area (Å²) in [7, 11) is 1.71. The third-order valence-electron chi connectivity index (χ3n) is 4.29. The Kier molecular flexibility index (Phi) is 7.50. The van der Waals surface area contributed by atoms with Crippen LogP contribution in [-0.4, -0.2) is 18.2 Å². The fourth-order valence-corrected chi connectivity index (χ4v) is 2.71. The van der Waals surface area contributed by atoms with Crippen molar-refractivity contribution in [3.8, 4) is 5.75 Å². The Morgan fingerprint density at radius 3 is 2.46 bits per heavy atom. The van der Waals surface area contributed by atoms with Crippen LogP contribution in [0, 0.1) is 20.8 Å². The van der Waals surface area contributed by atoms with Gasteiger partial charge >= 0.3 is 5.97 Å². The average Bonchev–Trinajstić information content (AvgIpc) is 2.50. The van der Waals surface area contributed by atoms with Crippen LogP contribution in [0.15, 0.2) is 41.5 Å². The van der Waals surface area contributed by atoms with E-state index in [9.17, 15) is 4.79 Å². The summed E-state index contributed by atoms with van der Waals surface area (Å²) in [6.45, 7) is 10.3. The van der Waals surface area contributed by atoms with E-state index in [1.165, 1.54) is 33.9 Å². The van der Waals surface area contributed by atoms with E-state index < -0.39 is 5.97 Å². The highest BCUT2D eigenvalue weighted by molar-refractivity contribution is 5.81. The van der Waals surface area contributed by atoms with Gasteiger partial charge in [-0.1, -0.05) is 23.8 Å². The minimum Gasteiger partial charge on any atom is -0.496 e. The maximum Gasteiger partial charge on any atom is 0.328 e. The number of carboxylic acids is 1. The van der Waals surface area contributed by atoms with E-state index in [1.807, 2.05) is 18.2 Å². The van der Waals surface area contributed by atoms with Crippen LogP contribution in [0.4, 0.5) is 0 Å². The van der Waals surface area contributed by atoms with E-state index in [-0.39, 0.29) is 0 Å². The van der Waals surface area contributed by atoms with Crippen molar-refractivity contribution in [1.29, 1.82) is 0 Å². The van der Waals surface area contributed by atoms with Crippen LogP contribution in [0.1, 0.15) is 42.5 Å². The molecular formula is C21H28O3. The lowest BCUT2D eigenvalue weighted by atomic mass is 9.93. The summed E-state index contributed by atoms with van der Waals surface area (Å²) in [5.74, 6) is 0.0308. The van der Waals surface area contributed by atoms with Gasteiger partial charge in [-0.3, -0.25) is 0 Å². The van der Waals surface area contributed by atoms with Gasteiger partial charge < -0.3 is 9.84 Å². The van der Waals surface area contributed by atoms with E-state index in [1.54, 1.807) is 14.0 Å². The molecule has 1 N–H and O–H groups in total. The Morgan fingerprint density at radius 1 is 1.21 bits per heavy atom. The van der Waals surface area contributed by atoms with E-state index in [4.69, 9.17) is 9.84 Å². The van der Waals surface area contributed by atoms with Crippen LogP contribution in [0.5, 0.6) is 5.75 Å². The Labute approximate surface area is 145 Å². The fourth-order valence-electron chi connectivity index (χ4n) is 2.71. The molecule has 24 heavy (non-hydrogen) atoms. The lowest BCUT2D eigenvalue weighted by Crippen LogP contribution is -2.00. The standard InChI is InChI=1S/C21H28O3/c1-14(8-7-9-15(2)12-21(22)23)10-11-19-16(3)13-20(24-6)18(5)17(19)4/h7-9,12-13H,10-11H2,1-6H3,(H,22,23)/b9-7+,14-8+,15-12+. The number of carboxylic acid groups (broad SMARTS) is 1. The summed E-state index contributed by atoms with van der Waals surface area (Å²) >= 11 is 0. The fraction of sp³-hybridized carbons (Fsp3) is 0.381. The molecule has 3 heteroatoms. The molecule has 0 aliphatic carbocycles. The van der Waals surface area contributed by atoms with Gasteiger partial charge in [-0.05, 0) is 81.4 Å². The molecule has 130 valence electrons. The Bertz CT molecular complexity index is 692. The number of rotatable bonds is 7. The van der Waals surface area contributed by atoms with E-state index in [0.717, 1.165) is 24.2 Å². The molecule has 0 spiro atoms. The topological polar surface area (TPSA) is 46.5 Å². The van der Waals surface area contributed by atoms with Gasteiger partial charge in [0.2, 0.25) is 0 Å². The first-order valence-corrected chi connectivity index (χ1v) is 8.15. The minimum absolute atomic E-state index is 0.726. The molecule has 0 aromatic heterocycles. The molecule has 0 atom stereocenters. The predicted molar refractivity (Wildman–Crippen MR) is 99.8 cm³/mol. The van der Waals surface area contributed by atoms with Gasteiger partial charge in [0.25, 0.3) is 0 Å². The second kappa shape index (κ2) is 9.11. The first-order chi connectivity index (χ1) is 11.3. The molecule has 1 aromatic carbocycles. The molecule has 3 nitrogen and oxygen atoms in total. The number of hydrogen-bond donors (Lipinski definition) is 1. The largest absolute Gasteiger partial charge is 0.496 e. The van der Waals surface area contributed by atoms with Crippen molar-refractivity contribution >= 4 is 5.97 Å². The highest BCUT2D eigenvalue weighted by atomic mass is 16.5. The first kappa shape index (κ1) is 19.8. The third kappa shape index (κ3) is 5.73. The molecule has 0 unspecified atom stereocenters. The molecule has 0 amide bonds. The molecular weight excluding hydrogens is 300 g/mol. The number of methoxy groups -OCH3 is 1. The molecule has 1 rings (SSSR count). The lowest BCUT2D eigenvalue weighted by Gasteiger charge is -2.16. The Balaban J connectivity index is 2.79. The maximum absolute atomic E-state index is 10.6. The molecule has 0 saturated heterocycles. The summed E-state index contributed by atoms with van der Waals surface area (Å²) in [4.78, 5) is 10.6. The summed E-state index contributed by atoms with van der Waals surface area (Å²) < 4.78 is 5.42. The number of carbonyl (C=O) groups is 1. The van der Waals surface area contributed by atoms with Crippen LogP contribution >= 0.6 is 0 Å². The molecule has 0 aliphatic rings. The maximum atomic E-state index is 10.6. The predicted octanol–water partition coefficient (Wildman–Crippen LogP) is 5.09. The molecule has 0 radical (unpaired) electrons. The summed E-state index contributed by atoms with van der Waals surface area (Å²) in [6.07, 6.45) is 8.92. The second-order valence-electron chi connectivity index (χ2n) is 6.22. The van der Waals surface area contributed by atoms with E-state index in [2.05, 4.69) is 33.8 Å². The number of hydrogen-bond acceptors (Lipinski definition) is 2. The first-order valence-electron chi connectivity index (χ1n) is 8.15. The second-order valence-corrected chi connectivity index (χ2v) is 6.22. The van der Waals surface area contributed by atoms with Crippen molar-refractivity contribution < 1.29 is 14.6 Å². The lowest BCUT2D eigenvalue weighted by molar-refractivity contribution is -0.131. The number of aliphatic carboxylic acids is 1. The van der Waals surface area contributed by atoms with Crippen molar-refractivity contribution in [3.05, 3.63) is 63.8 Å². The monoisotopic (exact) mass is 328 g/mol. The average molecular weight is 328 g/mol. The summed E-state index contributed by atoms with van der Waals surface area (Å²) in [6, 6.07) is 2.11. The highest BCUT2D eigenvalue weighted by Gasteiger charge is 2.10. The molecule has 0 saturated carbocycles. The smallest absolute Gasteiger partial charge is 0.328 e. The molecule has 0 heterocycles. The van der Waals surface area contributed by atoms with E-state index in [0.29, 0.717) is 0 Å². The molecule has 0 fully saturated rings. The van der Waals surface area contributed by atoms with Gasteiger partial charge in [0, 0.05) is 6.08 Å². The van der Waals surface area contributed by atoms with Crippen molar-refractivity contribution in [3.63, 3.8) is 0 Å². The normalized spacial score (nSPS) is 12.8. The SMILES string of the molecule is COc1cc(C)c(CC/C(C)=C/C=C/C(C)=C/C(=O)O)c(C)c1C. The number of ether oxygens (including phenoxy) is 1. The zero-order valence-electron chi connectivity index (χ0n) is 15.6. The van der Waals surface area contributed by atoms with Crippen molar-refractivity contribution in [2.75, 3.05) is 7.11 Å². The van der Waals surface area contributed by atoms with Gasteiger partial charge in [0.15, 0.2) is 0 Å². The van der Waals surface area contributed by atoms with Crippen LogP contribution in [-0.2, 0) is 11.2 Å². The van der Waals surface area contributed by atoms with Crippen molar-refractivity contribution in [2.24, 2.45) is 0 Å². The van der Waals surface area contributed by atoms with E-state index >= 15 is 0 Å². The van der Waals surface area contributed by atoms with Crippen LogP contribution < -0.4 is 4.74 Å². The van der Waals surface area contributed by atoms with Gasteiger partial charge in [-0.2, -0.15) is 0 Å². The number of aryl methyl sites for hydroxylation is 1. The summed E-state index contributed by atoms with van der Waals surface area (Å²) in [5, 5.41) is 8.68. The number of benzene rings is 1. The minimum atomic E-state index is -0.918. The highest BCUT2D eigenvalue weighted by Crippen LogP contribution is 2.28. The van der Waals surface area contributed by atoms with Crippen LogP contribution in [0.25, 0.3) is 0 Å². The zero-order chi connectivity index (χ0) is 18.3. The number of allylic oxidation sites excluding steroid dienone is 5. The van der Waals surface area contributed by atoms with Crippen molar-refractivity contribution in [1.82, 2.24) is 0 Å². The molecule has 0 bridgehead atoms. The summed E-state index contributed by atoms with van der Waals surface area (Å²) in [5.41, 5.74) is 7.14.